The highest BCUT2D eigenvalue weighted by Gasteiger charge is 2.59. The molecule has 5 nitrogen and oxygen atoms in total. The van der Waals surface area contributed by atoms with Crippen molar-refractivity contribution in [2.75, 3.05) is 6.61 Å². The Labute approximate surface area is 108 Å². The highest BCUT2D eigenvalue weighted by atomic mass is 32.2. The second-order valence-corrected chi connectivity index (χ2v) is 5.58. The van der Waals surface area contributed by atoms with Crippen LogP contribution in [0.25, 0.3) is 0 Å². The monoisotopic (exact) mass is 291 g/mol. The summed E-state index contributed by atoms with van der Waals surface area (Å²) >= 11 is 0. The summed E-state index contributed by atoms with van der Waals surface area (Å²) in [6.45, 7) is 1.32. The number of halogens is 2. The molecule has 8 heteroatoms. The Balaban J connectivity index is 2.69. The first-order valence-corrected chi connectivity index (χ1v) is 6.93. The van der Waals surface area contributed by atoms with Gasteiger partial charge in [-0.25, -0.2) is 22.0 Å². The average Bonchev–Trinajstić information content (AvgIpc) is 2.60. The summed E-state index contributed by atoms with van der Waals surface area (Å²) in [5.41, 5.74) is -2.95. The van der Waals surface area contributed by atoms with E-state index in [4.69, 9.17) is 0 Å². The summed E-state index contributed by atoms with van der Waals surface area (Å²) in [5.74, 6) is -1.31. The summed E-state index contributed by atoms with van der Waals surface area (Å²) in [4.78, 5) is 11.5. The number of fused-ring (bicyclic) bond motifs is 1. The highest BCUT2D eigenvalue weighted by Crippen LogP contribution is 2.40. The van der Waals surface area contributed by atoms with E-state index in [1.54, 1.807) is 4.72 Å². The normalized spacial score (nSPS) is 24.2. The minimum absolute atomic E-state index is 0.128. The van der Waals surface area contributed by atoms with Crippen LogP contribution in [0.2, 0.25) is 0 Å². The number of benzene rings is 1. The Morgan fingerprint density at radius 1 is 1.42 bits per heavy atom. The summed E-state index contributed by atoms with van der Waals surface area (Å²) in [5, 5.41) is 0. The van der Waals surface area contributed by atoms with Crippen molar-refractivity contribution in [2.24, 2.45) is 0 Å². The van der Waals surface area contributed by atoms with Crippen molar-refractivity contribution in [3.63, 3.8) is 0 Å². The first-order valence-electron chi connectivity index (χ1n) is 5.45. The number of carbonyl (C=O) groups excluding carboxylic acids is 1. The van der Waals surface area contributed by atoms with Crippen molar-refractivity contribution in [1.29, 1.82) is 0 Å². The molecule has 1 unspecified atom stereocenters. The minimum atomic E-state index is -4.15. The predicted octanol–water partition coefficient (Wildman–Crippen LogP) is 1.00. The number of sulfonamides is 1. The molecule has 2 rings (SSSR count). The van der Waals surface area contributed by atoms with Crippen molar-refractivity contribution in [1.82, 2.24) is 4.72 Å². The van der Waals surface area contributed by atoms with Crippen LogP contribution in [0, 0.1) is 0 Å². The van der Waals surface area contributed by atoms with Crippen molar-refractivity contribution < 1.29 is 26.7 Å². The van der Waals surface area contributed by atoms with Gasteiger partial charge in [-0.3, -0.25) is 0 Å². The fourth-order valence-corrected chi connectivity index (χ4v) is 3.59. The van der Waals surface area contributed by atoms with E-state index >= 15 is 0 Å². The molecule has 1 aliphatic heterocycles. The molecule has 1 atom stereocenters. The maximum atomic E-state index is 13.4. The van der Waals surface area contributed by atoms with Crippen LogP contribution in [-0.4, -0.2) is 27.4 Å². The number of hydrogen-bond donors (Lipinski definition) is 1. The van der Waals surface area contributed by atoms with E-state index in [1.807, 2.05) is 0 Å². The van der Waals surface area contributed by atoms with Crippen molar-refractivity contribution in [3.05, 3.63) is 29.8 Å². The molecule has 1 aromatic rings. The topological polar surface area (TPSA) is 72.5 Å². The van der Waals surface area contributed by atoms with Gasteiger partial charge in [0.15, 0.2) is 0 Å². The lowest BCUT2D eigenvalue weighted by atomic mass is 9.91. The molecule has 19 heavy (non-hydrogen) atoms. The van der Waals surface area contributed by atoms with Crippen LogP contribution >= 0.6 is 0 Å². The summed E-state index contributed by atoms with van der Waals surface area (Å²) < 4.78 is 56.7. The lowest BCUT2D eigenvalue weighted by Gasteiger charge is -2.25. The Kier molecular flexibility index (Phi) is 3.31. The van der Waals surface area contributed by atoms with Gasteiger partial charge in [0.25, 0.3) is 6.43 Å². The van der Waals surface area contributed by atoms with Gasteiger partial charge in [-0.15, -0.1) is 0 Å². The van der Waals surface area contributed by atoms with Gasteiger partial charge in [-0.05, 0) is 13.0 Å². The van der Waals surface area contributed by atoms with E-state index < -0.39 is 28.0 Å². The fourth-order valence-electron chi connectivity index (χ4n) is 2.00. The smallest absolute Gasteiger partial charge is 0.338 e. The van der Waals surface area contributed by atoms with E-state index in [0.29, 0.717) is 0 Å². The van der Waals surface area contributed by atoms with Gasteiger partial charge in [0.2, 0.25) is 15.6 Å². The van der Waals surface area contributed by atoms with Gasteiger partial charge in [0, 0.05) is 5.56 Å². The van der Waals surface area contributed by atoms with Crippen LogP contribution in [0.4, 0.5) is 8.78 Å². The third-order valence-corrected chi connectivity index (χ3v) is 4.35. The van der Waals surface area contributed by atoms with Gasteiger partial charge in [-0.1, -0.05) is 18.2 Å². The van der Waals surface area contributed by atoms with Gasteiger partial charge >= 0.3 is 5.97 Å². The molecule has 0 fully saturated rings. The van der Waals surface area contributed by atoms with Crippen LogP contribution in [0.15, 0.2) is 29.2 Å². The third-order valence-electron chi connectivity index (χ3n) is 2.82. The maximum absolute atomic E-state index is 13.4. The molecule has 1 heterocycles. The van der Waals surface area contributed by atoms with E-state index in [1.165, 1.54) is 31.2 Å². The molecule has 0 radical (unpaired) electrons. The number of nitrogens with one attached hydrogen (secondary N) is 1. The second-order valence-electron chi connectivity index (χ2n) is 3.93. The second kappa shape index (κ2) is 4.53. The molecule has 0 bridgehead atoms. The number of carbonyl (C=O) groups is 1. The van der Waals surface area contributed by atoms with Crippen molar-refractivity contribution in [3.8, 4) is 0 Å². The van der Waals surface area contributed by atoms with E-state index in [2.05, 4.69) is 4.74 Å². The van der Waals surface area contributed by atoms with Gasteiger partial charge in [-0.2, -0.15) is 4.72 Å². The van der Waals surface area contributed by atoms with Crippen LogP contribution in [0.3, 0.4) is 0 Å². The average molecular weight is 291 g/mol. The first-order chi connectivity index (χ1) is 8.86. The summed E-state index contributed by atoms with van der Waals surface area (Å²) in [7, 11) is -4.15. The molecule has 0 aliphatic carbocycles. The van der Waals surface area contributed by atoms with Gasteiger partial charge in [0.1, 0.15) is 0 Å². The Bertz CT molecular complexity index is 617. The SMILES string of the molecule is CCOC(=O)C1(C(F)F)NS(=O)(=O)c2ccccc21. The van der Waals surface area contributed by atoms with Crippen molar-refractivity contribution >= 4 is 16.0 Å². The lowest BCUT2D eigenvalue weighted by Crippen LogP contribution is -2.53. The Hall–Kier alpha value is -1.54. The van der Waals surface area contributed by atoms with E-state index in [0.717, 1.165) is 0 Å². The van der Waals surface area contributed by atoms with Gasteiger partial charge in [0.05, 0.1) is 11.5 Å². The zero-order valence-electron chi connectivity index (χ0n) is 9.89. The van der Waals surface area contributed by atoms with Crippen molar-refractivity contribution in [2.45, 2.75) is 23.8 Å². The van der Waals surface area contributed by atoms with Gasteiger partial charge < -0.3 is 4.74 Å². The molecule has 1 aromatic carbocycles. The van der Waals surface area contributed by atoms with Crippen LogP contribution in [0.5, 0.6) is 0 Å². The van der Waals surface area contributed by atoms with E-state index in [-0.39, 0.29) is 17.1 Å². The zero-order chi connectivity index (χ0) is 14.3. The summed E-state index contributed by atoms with van der Waals surface area (Å²) in [6.07, 6.45) is -3.26. The Morgan fingerprint density at radius 2 is 2.05 bits per heavy atom. The number of hydrogen-bond acceptors (Lipinski definition) is 4. The number of esters is 1. The molecule has 1 N–H and O–H groups in total. The zero-order valence-corrected chi connectivity index (χ0v) is 10.7. The largest absolute Gasteiger partial charge is 0.464 e. The molecule has 0 amide bonds. The van der Waals surface area contributed by atoms with E-state index in [9.17, 15) is 22.0 Å². The molecule has 1 aliphatic rings. The molecule has 0 saturated heterocycles. The molecule has 104 valence electrons. The maximum Gasteiger partial charge on any atom is 0.338 e. The van der Waals surface area contributed by atoms with Crippen LogP contribution in [0.1, 0.15) is 12.5 Å². The molecule has 0 saturated carbocycles. The fraction of sp³-hybridized carbons (Fsp3) is 0.364. The first kappa shape index (κ1) is 13.9. The third kappa shape index (κ3) is 1.91. The number of alkyl halides is 2. The quantitative estimate of drug-likeness (QED) is 0.843. The van der Waals surface area contributed by atoms with Crippen LogP contribution < -0.4 is 4.72 Å². The van der Waals surface area contributed by atoms with Crippen LogP contribution in [-0.2, 0) is 25.1 Å². The highest BCUT2D eigenvalue weighted by molar-refractivity contribution is 7.90. The lowest BCUT2D eigenvalue weighted by molar-refractivity contribution is -0.157. The number of rotatable bonds is 3. The minimum Gasteiger partial charge on any atom is -0.464 e. The Morgan fingerprint density at radius 3 is 2.63 bits per heavy atom. The standard InChI is InChI=1S/C11H11F2NO4S/c1-2-18-10(15)11(9(12)13)7-5-3-4-6-8(7)19(16,17)14-11/h3-6,9,14H,2H2,1H3. The number of ether oxygens (including phenoxy) is 1. The molecular formula is C11H11F2NO4S. The molecule has 0 aromatic heterocycles. The summed E-state index contributed by atoms with van der Waals surface area (Å²) in [6, 6.07) is 5.12. The molecule has 0 spiro atoms. The predicted molar refractivity (Wildman–Crippen MR) is 61.1 cm³/mol. The molecular weight excluding hydrogens is 280 g/mol.